The smallest absolute Gasteiger partial charge is 0.187 e. The van der Waals surface area contributed by atoms with Gasteiger partial charge in [0, 0.05) is 6.61 Å². The fourth-order valence-electron chi connectivity index (χ4n) is 5.64. The van der Waals surface area contributed by atoms with Crippen LogP contribution < -0.4 is 0 Å². The van der Waals surface area contributed by atoms with E-state index in [0.717, 1.165) is 0 Å². The Labute approximate surface area is 254 Å². The third kappa shape index (κ3) is 7.39. The molecule has 258 valence electrons. The monoisotopic (exact) mass is 644 g/mol. The van der Waals surface area contributed by atoms with Crippen LogP contribution in [0.2, 0.25) is 0 Å². The minimum atomic E-state index is -1.76. The normalized spacial score (nSPS) is 53.9. The first-order chi connectivity index (χ1) is 20.7. The highest BCUT2D eigenvalue weighted by Crippen LogP contribution is 2.35. The number of hydrogen-bond donors (Lipinski definition) is 9. The molecule has 0 spiro atoms. The van der Waals surface area contributed by atoms with Crippen LogP contribution in [0.3, 0.4) is 0 Å². The second-order valence-electron chi connectivity index (χ2n) is 11.9. The van der Waals surface area contributed by atoms with Gasteiger partial charge in [0.15, 0.2) is 25.2 Å². The highest BCUT2D eigenvalue weighted by atomic mass is 16.8. The van der Waals surface area contributed by atoms with Crippen molar-refractivity contribution in [3.8, 4) is 0 Å². The van der Waals surface area contributed by atoms with E-state index in [1.54, 1.807) is 6.92 Å². The molecule has 9 N–H and O–H groups in total. The number of aliphatic hydroxyl groups is 9. The van der Waals surface area contributed by atoms with Gasteiger partial charge < -0.3 is 83.9 Å². The zero-order chi connectivity index (χ0) is 32.6. The summed E-state index contributed by atoms with van der Waals surface area (Å²) in [5.74, 6) is 0. The maximum absolute atomic E-state index is 11.3. The minimum Gasteiger partial charge on any atom is -0.388 e. The van der Waals surface area contributed by atoms with Crippen molar-refractivity contribution in [1.82, 2.24) is 0 Å². The van der Waals surface area contributed by atoms with Crippen LogP contribution in [0.1, 0.15) is 41.0 Å². The SMILES string of the molecule is CCCO[C@@H]1O[C@@H](C)[C@@H](O)[C@@H](O[C@@H]2O[C@@H](C)[C@@H](O)[C@@H](O[C@@H]3O[C@@H](C)[C@@H](O)[C@@H](O)[C@@H]3O)[C@@H]2O)[C@@H]1O[C@@H]1O[C@@H](C)[C@@H](O)[C@@H](O)[C@@H]1O. The molecule has 4 fully saturated rings. The summed E-state index contributed by atoms with van der Waals surface area (Å²) in [6.45, 7) is 7.98. The molecule has 4 aliphatic rings. The topological polar surface area (TPSA) is 256 Å². The first-order valence-electron chi connectivity index (χ1n) is 15.0. The van der Waals surface area contributed by atoms with Gasteiger partial charge in [-0.1, -0.05) is 6.92 Å². The molecular weight excluding hydrogens is 596 g/mol. The predicted molar refractivity (Wildman–Crippen MR) is 142 cm³/mol. The molecule has 0 radical (unpaired) electrons. The first-order valence-corrected chi connectivity index (χ1v) is 15.0. The Hall–Kier alpha value is -0.680. The van der Waals surface area contributed by atoms with Gasteiger partial charge in [0.1, 0.15) is 73.2 Å². The number of rotatable bonds is 9. The van der Waals surface area contributed by atoms with E-state index in [1.165, 1.54) is 20.8 Å². The molecule has 4 aliphatic heterocycles. The van der Waals surface area contributed by atoms with Crippen molar-refractivity contribution in [3.63, 3.8) is 0 Å². The molecule has 17 nitrogen and oxygen atoms in total. The Morgan fingerprint density at radius 2 is 0.773 bits per heavy atom. The van der Waals surface area contributed by atoms with Crippen LogP contribution in [-0.2, 0) is 37.9 Å². The lowest BCUT2D eigenvalue weighted by atomic mass is 9.96. The van der Waals surface area contributed by atoms with Gasteiger partial charge in [0.25, 0.3) is 0 Å². The van der Waals surface area contributed by atoms with E-state index in [1.807, 2.05) is 6.92 Å². The Balaban J connectivity index is 1.57. The van der Waals surface area contributed by atoms with Gasteiger partial charge in [0.2, 0.25) is 0 Å². The van der Waals surface area contributed by atoms with Gasteiger partial charge in [-0.25, -0.2) is 0 Å². The average Bonchev–Trinajstić information content (AvgIpc) is 2.99. The first kappa shape index (κ1) is 36.2. The minimum absolute atomic E-state index is 0.205. The molecule has 0 aromatic heterocycles. The van der Waals surface area contributed by atoms with E-state index in [2.05, 4.69) is 0 Å². The lowest BCUT2D eigenvalue weighted by Crippen LogP contribution is -2.67. The molecule has 0 aliphatic carbocycles. The molecule has 20 atom stereocenters. The molecule has 0 amide bonds. The number of ether oxygens (including phenoxy) is 8. The van der Waals surface area contributed by atoms with Gasteiger partial charge in [-0.3, -0.25) is 0 Å². The van der Waals surface area contributed by atoms with Crippen LogP contribution in [0.4, 0.5) is 0 Å². The van der Waals surface area contributed by atoms with Gasteiger partial charge in [0.05, 0.1) is 24.4 Å². The molecule has 4 saturated heterocycles. The Bertz CT molecular complexity index is 900. The maximum atomic E-state index is 11.3. The fourth-order valence-corrected chi connectivity index (χ4v) is 5.64. The predicted octanol–water partition coefficient (Wildman–Crippen LogP) is -4.20. The van der Waals surface area contributed by atoms with E-state index in [4.69, 9.17) is 37.9 Å². The zero-order valence-corrected chi connectivity index (χ0v) is 25.3. The van der Waals surface area contributed by atoms with Crippen molar-refractivity contribution in [2.75, 3.05) is 6.61 Å². The van der Waals surface area contributed by atoms with Crippen molar-refractivity contribution in [2.45, 2.75) is 164 Å². The lowest BCUT2D eigenvalue weighted by Gasteiger charge is -2.49. The second-order valence-corrected chi connectivity index (χ2v) is 11.9. The molecule has 0 bridgehead atoms. The molecule has 0 unspecified atom stereocenters. The largest absolute Gasteiger partial charge is 0.388 e. The molecule has 17 heteroatoms. The average molecular weight is 645 g/mol. The summed E-state index contributed by atoms with van der Waals surface area (Å²) in [6, 6.07) is 0. The summed E-state index contributed by atoms with van der Waals surface area (Å²) in [4.78, 5) is 0. The number of hydrogen-bond acceptors (Lipinski definition) is 17. The summed E-state index contributed by atoms with van der Waals surface area (Å²) in [6.07, 6.45) is -27.4. The Morgan fingerprint density at radius 3 is 1.25 bits per heavy atom. The van der Waals surface area contributed by atoms with E-state index in [-0.39, 0.29) is 6.61 Å². The molecule has 0 aromatic carbocycles. The van der Waals surface area contributed by atoms with Crippen LogP contribution in [0.25, 0.3) is 0 Å². The fraction of sp³-hybridized carbons (Fsp3) is 1.00. The standard InChI is InChI=1S/C27H48O17/c1-6-7-37-27-23(44-25-19(35)17(33)13(29)9(3)39-25)22(15(31)11(5)41-27)43-26-20(36)21(14(30)10(4)40-26)42-24-18(34)16(32)12(28)8(2)38-24/h8-36H,6-7H2,1-5H3/t8-,9-,10-,11-,12+,13+,14+,15+,16+,17+,18-,19-,20-,21+,22+,23-,24-,25-,26-,27+/m0/s1. The molecule has 0 saturated carbocycles. The van der Waals surface area contributed by atoms with E-state index in [9.17, 15) is 46.0 Å². The molecule has 4 heterocycles. The summed E-state index contributed by atoms with van der Waals surface area (Å²) >= 11 is 0. The second kappa shape index (κ2) is 15.0. The molecule has 44 heavy (non-hydrogen) atoms. The van der Waals surface area contributed by atoms with Crippen molar-refractivity contribution in [1.29, 1.82) is 0 Å². The summed E-state index contributed by atoms with van der Waals surface area (Å²) in [5, 5.41) is 94.9. The van der Waals surface area contributed by atoms with Crippen LogP contribution in [0, 0.1) is 0 Å². The quantitative estimate of drug-likeness (QED) is 0.115. The third-order valence-electron chi connectivity index (χ3n) is 8.52. The van der Waals surface area contributed by atoms with E-state index < -0.39 is 123 Å². The Morgan fingerprint density at radius 1 is 0.409 bits per heavy atom. The van der Waals surface area contributed by atoms with Crippen molar-refractivity contribution in [3.05, 3.63) is 0 Å². The highest BCUT2D eigenvalue weighted by molar-refractivity contribution is 4.96. The molecule has 0 aromatic rings. The van der Waals surface area contributed by atoms with Gasteiger partial charge >= 0.3 is 0 Å². The van der Waals surface area contributed by atoms with Gasteiger partial charge in [-0.2, -0.15) is 0 Å². The van der Waals surface area contributed by atoms with Crippen LogP contribution in [0.15, 0.2) is 0 Å². The summed E-state index contributed by atoms with van der Waals surface area (Å²) in [7, 11) is 0. The van der Waals surface area contributed by atoms with Gasteiger partial charge in [-0.15, -0.1) is 0 Å². The van der Waals surface area contributed by atoms with Crippen molar-refractivity contribution >= 4 is 0 Å². The van der Waals surface area contributed by atoms with Crippen molar-refractivity contribution in [2.24, 2.45) is 0 Å². The molecule has 4 rings (SSSR count). The lowest BCUT2D eigenvalue weighted by molar-refractivity contribution is -0.394. The number of aliphatic hydroxyl groups excluding tert-OH is 9. The summed E-state index contributed by atoms with van der Waals surface area (Å²) in [5.41, 5.74) is 0. The Kier molecular flexibility index (Phi) is 12.4. The molecular formula is C27H48O17. The maximum Gasteiger partial charge on any atom is 0.187 e. The van der Waals surface area contributed by atoms with E-state index >= 15 is 0 Å². The summed E-state index contributed by atoms with van der Waals surface area (Å²) < 4.78 is 46.2. The third-order valence-corrected chi connectivity index (χ3v) is 8.52. The van der Waals surface area contributed by atoms with Crippen molar-refractivity contribution < 1.29 is 83.9 Å². The van der Waals surface area contributed by atoms with Crippen LogP contribution in [-0.4, -0.2) is 175 Å². The van der Waals surface area contributed by atoms with Crippen LogP contribution in [0.5, 0.6) is 0 Å². The van der Waals surface area contributed by atoms with E-state index in [0.29, 0.717) is 6.42 Å². The highest BCUT2D eigenvalue weighted by Gasteiger charge is 2.54. The van der Waals surface area contributed by atoms with Crippen LogP contribution >= 0.6 is 0 Å². The zero-order valence-electron chi connectivity index (χ0n) is 25.3. The van der Waals surface area contributed by atoms with Gasteiger partial charge in [-0.05, 0) is 34.1 Å².